The molecular formula is C12H21ISi. The summed E-state index contributed by atoms with van der Waals surface area (Å²) in [7, 11) is -1.04. The third-order valence-electron chi connectivity index (χ3n) is 2.68. The maximum atomic E-state index is 2.52. The maximum Gasteiger partial charge on any atom is 0.0854 e. The maximum absolute atomic E-state index is 2.52. The number of rotatable bonds is 2. The van der Waals surface area contributed by atoms with Gasteiger partial charge >= 0.3 is 0 Å². The lowest BCUT2D eigenvalue weighted by atomic mass is 9.95. The van der Waals surface area contributed by atoms with Crippen LogP contribution in [0.15, 0.2) is 20.9 Å². The lowest BCUT2D eigenvalue weighted by molar-refractivity contribution is 0.599. The molecule has 0 atom stereocenters. The molecule has 0 bridgehead atoms. The molecule has 0 spiro atoms. The predicted octanol–water partition coefficient (Wildman–Crippen LogP) is 5.07. The summed E-state index contributed by atoms with van der Waals surface area (Å²) in [5.41, 5.74) is 1.67. The number of allylic oxidation sites excluding steroid dienone is 3. The van der Waals surface area contributed by atoms with Crippen LogP contribution in [0.5, 0.6) is 0 Å². The second-order valence-corrected chi connectivity index (χ2v) is 12.4. The van der Waals surface area contributed by atoms with Crippen molar-refractivity contribution in [3.8, 4) is 0 Å². The minimum absolute atomic E-state index is 1.04. The van der Waals surface area contributed by atoms with Crippen molar-refractivity contribution in [1.82, 2.24) is 0 Å². The molecule has 1 fully saturated rings. The first-order chi connectivity index (χ1) is 6.50. The Bertz CT molecular complexity index is 238. The zero-order valence-electron chi connectivity index (χ0n) is 9.57. The quantitative estimate of drug-likeness (QED) is 0.492. The van der Waals surface area contributed by atoms with Gasteiger partial charge in [-0.3, -0.25) is 0 Å². The molecule has 1 aliphatic rings. The molecule has 0 unspecified atom stereocenters. The highest BCUT2D eigenvalue weighted by molar-refractivity contribution is 14.1. The molecule has 0 amide bonds. The number of halogens is 1. The Morgan fingerprint density at radius 1 is 1.14 bits per heavy atom. The molecule has 0 nitrogen and oxygen atoms in total. The average Bonchev–Trinajstić information content (AvgIpc) is 2.14. The van der Waals surface area contributed by atoms with Crippen LogP contribution in [0.4, 0.5) is 0 Å². The van der Waals surface area contributed by atoms with Gasteiger partial charge in [0.05, 0.1) is 8.07 Å². The van der Waals surface area contributed by atoms with Crippen LogP contribution in [0.2, 0.25) is 19.6 Å². The average molecular weight is 320 g/mol. The second kappa shape index (κ2) is 5.49. The highest BCUT2D eigenvalue weighted by atomic mass is 127. The lowest BCUT2D eigenvalue weighted by Crippen LogP contribution is -2.19. The molecule has 0 aromatic rings. The van der Waals surface area contributed by atoms with E-state index in [0.29, 0.717) is 0 Å². The molecule has 0 aliphatic heterocycles. The fourth-order valence-corrected chi connectivity index (χ4v) is 2.38. The number of hydrogen-bond donors (Lipinski definition) is 0. The standard InChI is InChI=1S/C12H21ISi/c1-14(2,3)12(13)10-9-11-7-5-4-6-8-11/h9-10H,4-8H2,1-3H3/b12-10-. The van der Waals surface area contributed by atoms with Crippen LogP contribution in [0, 0.1) is 0 Å². The van der Waals surface area contributed by atoms with Crippen molar-refractivity contribution in [3.05, 3.63) is 20.9 Å². The van der Waals surface area contributed by atoms with E-state index in [1.54, 1.807) is 8.78 Å². The fraction of sp³-hybridized carbons (Fsp3) is 0.667. The third kappa shape index (κ3) is 4.30. The summed E-state index contributed by atoms with van der Waals surface area (Å²) >= 11 is 2.52. The molecule has 0 aromatic heterocycles. The second-order valence-electron chi connectivity index (χ2n) is 5.15. The van der Waals surface area contributed by atoms with Gasteiger partial charge in [0.1, 0.15) is 0 Å². The van der Waals surface area contributed by atoms with Gasteiger partial charge in [-0.25, -0.2) is 0 Å². The molecule has 0 aromatic carbocycles. The molecule has 0 heterocycles. The van der Waals surface area contributed by atoms with E-state index >= 15 is 0 Å². The monoisotopic (exact) mass is 320 g/mol. The van der Waals surface area contributed by atoms with Crippen LogP contribution in [-0.4, -0.2) is 8.07 Å². The highest BCUT2D eigenvalue weighted by Gasteiger charge is 2.16. The summed E-state index contributed by atoms with van der Waals surface area (Å²) in [6.45, 7) is 7.22. The van der Waals surface area contributed by atoms with E-state index < -0.39 is 8.07 Å². The Hall–Kier alpha value is 0.427. The zero-order chi connectivity index (χ0) is 10.6. The van der Waals surface area contributed by atoms with Gasteiger partial charge in [-0.15, -0.1) is 0 Å². The minimum atomic E-state index is -1.04. The van der Waals surface area contributed by atoms with Crippen LogP contribution >= 0.6 is 22.6 Å². The van der Waals surface area contributed by atoms with Crippen LogP contribution in [0.3, 0.4) is 0 Å². The Labute approximate surface area is 103 Å². The summed E-state index contributed by atoms with van der Waals surface area (Å²) in [6.07, 6.45) is 11.7. The summed E-state index contributed by atoms with van der Waals surface area (Å²) in [6, 6.07) is 0. The van der Waals surface area contributed by atoms with E-state index in [-0.39, 0.29) is 0 Å². The first-order valence-corrected chi connectivity index (χ1v) is 10.1. The molecule has 0 N–H and O–H groups in total. The molecule has 1 aliphatic carbocycles. The minimum Gasteiger partial charge on any atom is -0.0702 e. The van der Waals surface area contributed by atoms with Crippen molar-refractivity contribution >= 4 is 30.7 Å². The molecule has 0 saturated heterocycles. The highest BCUT2D eigenvalue weighted by Crippen LogP contribution is 2.25. The molecule has 0 radical (unpaired) electrons. The van der Waals surface area contributed by atoms with E-state index in [0.717, 1.165) is 0 Å². The predicted molar refractivity (Wildman–Crippen MR) is 76.6 cm³/mol. The number of hydrogen-bond acceptors (Lipinski definition) is 0. The summed E-state index contributed by atoms with van der Waals surface area (Å²) in [5.74, 6) is 0. The van der Waals surface area contributed by atoms with Crippen molar-refractivity contribution in [3.63, 3.8) is 0 Å². The summed E-state index contributed by atoms with van der Waals surface area (Å²) in [5, 5.41) is 0. The molecule has 1 saturated carbocycles. The largest absolute Gasteiger partial charge is 0.0854 e. The normalized spacial score (nSPS) is 19.7. The van der Waals surface area contributed by atoms with Crippen molar-refractivity contribution in [1.29, 1.82) is 0 Å². The van der Waals surface area contributed by atoms with Gasteiger partial charge in [0.15, 0.2) is 0 Å². The molecule has 14 heavy (non-hydrogen) atoms. The topological polar surface area (TPSA) is 0 Å². The third-order valence-corrected chi connectivity index (χ3v) is 9.49. The van der Waals surface area contributed by atoms with Crippen molar-refractivity contribution in [2.75, 3.05) is 0 Å². The van der Waals surface area contributed by atoms with E-state index in [2.05, 4.69) is 54.4 Å². The van der Waals surface area contributed by atoms with E-state index in [1.165, 1.54) is 32.1 Å². The first kappa shape index (κ1) is 12.5. The summed E-state index contributed by atoms with van der Waals surface area (Å²) in [4.78, 5) is 0. The van der Waals surface area contributed by atoms with Gasteiger partial charge < -0.3 is 0 Å². The van der Waals surface area contributed by atoms with Crippen molar-refractivity contribution < 1.29 is 0 Å². The first-order valence-electron chi connectivity index (χ1n) is 5.56. The van der Waals surface area contributed by atoms with Gasteiger partial charge in [0.2, 0.25) is 0 Å². The Balaban J connectivity index is 2.59. The van der Waals surface area contributed by atoms with Gasteiger partial charge in [0, 0.05) is 0 Å². The molecular weight excluding hydrogens is 299 g/mol. The van der Waals surface area contributed by atoms with Gasteiger partial charge in [-0.05, 0) is 28.9 Å². The lowest BCUT2D eigenvalue weighted by Gasteiger charge is -2.16. The smallest absolute Gasteiger partial charge is 0.0702 e. The van der Waals surface area contributed by atoms with Gasteiger partial charge in [-0.2, -0.15) is 0 Å². The van der Waals surface area contributed by atoms with Crippen LogP contribution < -0.4 is 0 Å². The molecule has 80 valence electrons. The van der Waals surface area contributed by atoms with E-state index in [4.69, 9.17) is 0 Å². The SMILES string of the molecule is C[Si](C)(C)/C(I)=C\C=C1CCCCC1. The zero-order valence-corrected chi connectivity index (χ0v) is 12.7. The van der Waals surface area contributed by atoms with E-state index in [1.807, 2.05) is 0 Å². The van der Waals surface area contributed by atoms with Gasteiger partial charge in [0.25, 0.3) is 0 Å². The van der Waals surface area contributed by atoms with Crippen molar-refractivity contribution in [2.45, 2.75) is 51.7 Å². The molecule has 2 heteroatoms. The molecule has 1 rings (SSSR count). The van der Waals surface area contributed by atoms with Crippen molar-refractivity contribution in [2.24, 2.45) is 0 Å². The van der Waals surface area contributed by atoms with Crippen LogP contribution in [0.1, 0.15) is 32.1 Å². The van der Waals surface area contributed by atoms with Gasteiger partial charge in [-0.1, -0.05) is 66.4 Å². The Morgan fingerprint density at radius 3 is 2.21 bits per heavy atom. The van der Waals surface area contributed by atoms with E-state index in [9.17, 15) is 0 Å². The fourth-order valence-electron chi connectivity index (χ4n) is 1.61. The van der Waals surface area contributed by atoms with Crippen LogP contribution in [-0.2, 0) is 0 Å². The Morgan fingerprint density at radius 2 is 1.71 bits per heavy atom. The Kier molecular flexibility index (Phi) is 4.90. The summed E-state index contributed by atoms with van der Waals surface area (Å²) < 4.78 is 1.59. The van der Waals surface area contributed by atoms with Crippen LogP contribution in [0.25, 0.3) is 0 Å².